The van der Waals surface area contributed by atoms with Crippen molar-refractivity contribution < 1.29 is 14.4 Å². The molecule has 0 radical (unpaired) electrons. The molecule has 2 aromatic carbocycles. The van der Waals surface area contributed by atoms with Gasteiger partial charge in [-0.1, -0.05) is 36.4 Å². The van der Waals surface area contributed by atoms with Crippen molar-refractivity contribution in [3.63, 3.8) is 0 Å². The average Bonchev–Trinajstić information content (AvgIpc) is 3.43. The summed E-state index contributed by atoms with van der Waals surface area (Å²) in [6, 6.07) is 20.9. The van der Waals surface area contributed by atoms with E-state index in [1.54, 1.807) is 11.0 Å². The van der Waals surface area contributed by atoms with Crippen molar-refractivity contribution in [2.45, 2.75) is 32.9 Å². The van der Waals surface area contributed by atoms with Crippen LogP contribution >= 0.6 is 11.3 Å². The molecule has 9 heteroatoms. The molecular formula is C29H35N5O3S. The highest BCUT2D eigenvalue weighted by Crippen LogP contribution is 2.20. The molecule has 0 bridgehead atoms. The Bertz CT molecular complexity index is 1220. The first-order chi connectivity index (χ1) is 18.2. The Balaban J connectivity index is 1.33. The van der Waals surface area contributed by atoms with Gasteiger partial charge in [-0.15, -0.1) is 11.3 Å². The van der Waals surface area contributed by atoms with Crippen molar-refractivity contribution in [1.29, 1.82) is 0 Å². The highest BCUT2D eigenvalue weighted by Gasteiger charge is 2.24. The third kappa shape index (κ3) is 7.58. The summed E-state index contributed by atoms with van der Waals surface area (Å²) in [6.07, 6.45) is 0. The highest BCUT2D eigenvalue weighted by atomic mass is 32.1. The topological polar surface area (TPSA) is 85.0 Å². The van der Waals surface area contributed by atoms with Gasteiger partial charge in [0.25, 0.3) is 5.91 Å². The van der Waals surface area contributed by atoms with E-state index < -0.39 is 0 Å². The van der Waals surface area contributed by atoms with Crippen LogP contribution < -0.4 is 15.5 Å². The maximum atomic E-state index is 13.1. The van der Waals surface area contributed by atoms with Gasteiger partial charge in [-0.05, 0) is 62.0 Å². The second-order valence-corrected chi connectivity index (χ2v) is 11.3. The van der Waals surface area contributed by atoms with Gasteiger partial charge in [0.1, 0.15) is 6.54 Å². The monoisotopic (exact) mass is 533 g/mol. The molecule has 1 aliphatic heterocycles. The molecule has 8 nitrogen and oxygen atoms in total. The number of amides is 4. The molecule has 0 atom stereocenters. The Morgan fingerprint density at radius 1 is 0.895 bits per heavy atom. The van der Waals surface area contributed by atoms with Crippen LogP contribution in [0.3, 0.4) is 0 Å². The van der Waals surface area contributed by atoms with Gasteiger partial charge in [0.05, 0.1) is 4.88 Å². The Kier molecular flexibility index (Phi) is 8.68. The van der Waals surface area contributed by atoms with Crippen LogP contribution in [0.25, 0.3) is 0 Å². The van der Waals surface area contributed by atoms with Gasteiger partial charge in [-0.2, -0.15) is 0 Å². The predicted octanol–water partition coefficient (Wildman–Crippen LogP) is 4.66. The standard InChI is InChI=1S/C29H35N5O3S/c1-29(2,3)31-28(37)33-17-15-32(16-18-33)24-13-11-23(12-14-24)30-26(35)21-34(20-22-8-5-4-6-9-22)27(36)25-10-7-19-38-25/h4-14,19H,15-18,20-21H2,1-3H3,(H,30,35)(H,31,37). The van der Waals surface area contributed by atoms with E-state index in [9.17, 15) is 14.4 Å². The van der Waals surface area contributed by atoms with Crippen LogP contribution in [0.1, 0.15) is 36.0 Å². The van der Waals surface area contributed by atoms with E-state index in [2.05, 4.69) is 15.5 Å². The number of hydrogen-bond acceptors (Lipinski definition) is 5. The van der Waals surface area contributed by atoms with E-state index >= 15 is 0 Å². The Morgan fingerprint density at radius 2 is 1.58 bits per heavy atom. The van der Waals surface area contributed by atoms with Crippen molar-refractivity contribution in [1.82, 2.24) is 15.1 Å². The molecule has 38 heavy (non-hydrogen) atoms. The number of carbonyl (C=O) groups is 3. The fourth-order valence-electron chi connectivity index (χ4n) is 4.26. The summed E-state index contributed by atoms with van der Waals surface area (Å²) in [5.74, 6) is -0.415. The minimum absolute atomic E-state index is 0.0333. The number of anilines is 2. The minimum Gasteiger partial charge on any atom is -0.368 e. The summed E-state index contributed by atoms with van der Waals surface area (Å²) in [6.45, 7) is 9.00. The van der Waals surface area contributed by atoms with Crippen LogP contribution in [0.4, 0.5) is 16.2 Å². The molecule has 2 heterocycles. The van der Waals surface area contributed by atoms with Gasteiger partial charge < -0.3 is 25.3 Å². The SMILES string of the molecule is CC(C)(C)NC(=O)N1CCN(c2ccc(NC(=O)CN(Cc3ccccc3)C(=O)c3cccs3)cc2)CC1. The third-order valence-electron chi connectivity index (χ3n) is 6.13. The van der Waals surface area contributed by atoms with E-state index in [0.717, 1.165) is 24.3 Å². The first kappa shape index (κ1) is 27.2. The number of nitrogens with zero attached hydrogens (tertiary/aromatic N) is 3. The molecule has 1 fully saturated rings. The lowest BCUT2D eigenvalue weighted by Crippen LogP contribution is -2.55. The van der Waals surface area contributed by atoms with Crippen molar-refractivity contribution in [3.8, 4) is 0 Å². The van der Waals surface area contributed by atoms with E-state index in [-0.39, 0.29) is 29.9 Å². The summed E-state index contributed by atoms with van der Waals surface area (Å²) in [7, 11) is 0. The molecule has 4 amide bonds. The summed E-state index contributed by atoms with van der Waals surface area (Å²) < 4.78 is 0. The van der Waals surface area contributed by atoms with Crippen LogP contribution in [0.15, 0.2) is 72.1 Å². The number of urea groups is 1. The zero-order valence-corrected chi connectivity index (χ0v) is 23.0. The molecule has 3 aromatic rings. The summed E-state index contributed by atoms with van der Waals surface area (Å²) in [5, 5.41) is 7.80. The zero-order chi connectivity index (χ0) is 27.1. The Hall–Kier alpha value is -3.85. The highest BCUT2D eigenvalue weighted by molar-refractivity contribution is 7.12. The van der Waals surface area contributed by atoms with E-state index in [0.29, 0.717) is 30.2 Å². The van der Waals surface area contributed by atoms with Gasteiger partial charge in [0.2, 0.25) is 5.91 Å². The number of rotatable bonds is 7. The number of nitrogens with one attached hydrogen (secondary N) is 2. The van der Waals surface area contributed by atoms with Gasteiger partial charge in [-0.3, -0.25) is 9.59 Å². The Morgan fingerprint density at radius 3 is 2.18 bits per heavy atom. The molecule has 1 aromatic heterocycles. The fourth-order valence-corrected chi connectivity index (χ4v) is 4.95. The van der Waals surface area contributed by atoms with Gasteiger partial charge in [-0.25, -0.2) is 4.79 Å². The van der Waals surface area contributed by atoms with Crippen LogP contribution in [0.2, 0.25) is 0 Å². The number of thiophene rings is 1. The van der Waals surface area contributed by atoms with Crippen molar-refractivity contribution in [3.05, 3.63) is 82.6 Å². The molecule has 0 unspecified atom stereocenters. The largest absolute Gasteiger partial charge is 0.368 e. The summed E-state index contributed by atoms with van der Waals surface area (Å²) in [5.41, 5.74) is 2.41. The van der Waals surface area contributed by atoms with Crippen LogP contribution in [0.5, 0.6) is 0 Å². The lowest BCUT2D eigenvalue weighted by Gasteiger charge is -2.37. The third-order valence-corrected chi connectivity index (χ3v) is 6.99. The maximum Gasteiger partial charge on any atom is 0.317 e. The lowest BCUT2D eigenvalue weighted by molar-refractivity contribution is -0.117. The smallest absolute Gasteiger partial charge is 0.317 e. The first-order valence-corrected chi connectivity index (χ1v) is 13.6. The normalized spacial score (nSPS) is 13.7. The predicted molar refractivity (Wildman–Crippen MR) is 153 cm³/mol. The minimum atomic E-state index is -0.260. The Labute approximate surface area is 228 Å². The second-order valence-electron chi connectivity index (χ2n) is 10.4. The lowest BCUT2D eigenvalue weighted by atomic mass is 10.1. The average molecular weight is 534 g/mol. The molecule has 200 valence electrons. The van der Waals surface area contributed by atoms with Crippen molar-refractivity contribution in [2.75, 3.05) is 42.9 Å². The summed E-state index contributed by atoms with van der Waals surface area (Å²) in [4.78, 5) is 44.7. The molecule has 0 aliphatic carbocycles. The molecular weight excluding hydrogens is 498 g/mol. The van der Waals surface area contributed by atoms with Gasteiger partial charge >= 0.3 is 6.03 Å². The van der Waals surface area contributed by atoms with Gasteiger partial charge in [0.15, 0.2) is 0 Å². The maximum absolute atomic E-state index is 13.1. The molecule has 4 rings (SSSR count). The molecule has 1 aliphatic rings. The van der Waals surface area contributed by atoms with Gasteiger partial charge in [0, 0.05) is 49.6 Å². The van der Waals surface area contributed by atoms with E-state index in [1.807, 2.05) is 91.7 Å². The van der Waals surface area contributed by atoms with E-state index in [4.69, 9.17) is 0 Å². The van der Waals surface area contributed by atoms with E-state index in [1.165, 1.54) is 11.3 Å². The molecule has 0 spiro atoms. The summed E-state index contributed by atoms with van der Waals surface area (Å²) >= 11 is 1.37. The number of hydrogen-bond donors (Lipinski definition) is 2. The van der Waals surface area contributed by atoms with Crippen LogP contribution in [-0.4, -0.2) is 65.9 Å². The number of benzene rings is 2. The quantitative estimate of drug-likeness (QED) is 0.463. The molecule has 1 saturated heterocycles. The van der Waals surface area contributed by atoms with Crippen molar-refractivity contribution >= 4 is 40.6 Å². The fraction of sp³-hybridized carbons (Fsp3) is 0.345. The van der Waals surface area contributed by atoms with Crippen LogP contribution in [-0.2, 0) is 11.3 Å². The molecule has 0 saturated carbocycles. The second kappa shape index (κ2) is 12.1. The van der Waals surface area contributed by atoms with Crippen LogP contribution in [0, 0.1) is 0 Å². The first-order valence-electron chi connectivity index (χ1n) is 12.8. The van der Waals surface area contributed by atoms with Crippen molar-refractivity contribution in [2.24, 2.45) is 0 Å². The number of carbonyl (C=O) groups excluding carboxylic acids is 3. The zero-order valence-electron chi connectivity index (χ0n) is 22.1. The molecule has 2 N–H and O–H groups in total. The number of piperazine rings is 1.